The minimum absolute atomic E-state index is 0.225. The number of benzene rings is 1. The number of fused-ring (bicyclic) bond motifs is 1. The van der Waals surface area contributed by atoms with Crippen molar-refractivity contribution in [1.82, 2.24) is 15.1 Å². The van der Waals surface area contributed by atoms with Gasteiger partial charge < -0.3 is 10.2 Å². The molecule has 1 heterocycles. The third kappa shape index (κ3) is 3.71. The lowest BCUT2D eigenvalue weighted by molar-refractivity contribution is 0.0653. The van der Waals surface area contributed by atoms with Gasteiger partial charge in [0.15, 0.2) is 0 Å². The Labute approximate surface area is 141 Å². The molecule has 0 atom stereocenters. The minimum Gasteiger partial charge on any atom is -0.338 e. The van der Waals surface area contributed by atoms with E-state index in [0.29, 0.717) is 37.2 Å². The predicted octanol–water partition coefficient (Wildman–Crippen LogP) is 2.06. The van der Waals surface area contributed by atoms with Crippen molar-refractivity contribution in [3.63, 3.8) is 0 Å². The van der Waals surface area contributed by atoms with E-state index in [2.05, 4.69) is 18.5 Å². The van der Waals surface area contributed by atoms with Crippen molar-refractivity contribution < 1.29 is 14.4 Å². The molecule has 0 radical (unpaired) electrons. The predicted molar refractivity (Wildman–Crippen MR) is 91.8 cm³/mol. The maximum absolute atomic E-state index is 12.2. The van der Waals surface area contributed by atoms with Crippen LogP contribution in [-0.4, -0.2) is 53.8 Å². The Morgan fingerprint density at radius 1 is 1.08 bits per heavy atom. The molecule has 0 saturated carbocycles. The first-order chi connectivity index (χ1) is 11.6. The first-order valence-corrected chi connectivity index (χ1v) is 7.80. The number of hydrogen-bond donors (Lipinski definition) is 1. The van der Waals surface area contributed by atoms with E-state index in [1.165, 1.54) is 4.90 Å². The highest BCUT2D eigenvalue weighted by Gasteiger charge is 2.34. The van der Waals surface area contributed by atoms with Gasteiger partial charge in [0, 0.05) is 26.2 Å². The van der Waals surface area contributed by atoms with Crippen LogP contribution < -0.4 is 5.32 Å². The molecule has 24 heavy (non-hydrogen) atoms. The molecule has 0 aromatic heterocycles. The molecule has 1 N–H and O–H groups in total. The van der Waals surface area contributed by atoms with Gasteiger partial charge in [-0.2, -0.15) is 0 Å². The zero-order valence-electron chi connectivity index (χ0n) is 13.5. The molecule has 1 aromatic rings. The van der Waals surface area contributed by atoms with Crippen molar-refractivity contribution in [2.45, 2.75) is 6.42 Å². The van der Waals surface area contributed by atoms with Crippen molar-refractivity contribution in [1.29, 1.82) is 0 Å². The number of urea groups is 1. The van der Waals surface area contributed by atoms with E-state index in [9.17, 15) is 14.4 Å². The van der Waals surface area contributed by atoms with Gasteiger partial charge in [-0.3, -0.25) is 14.5 Å². The van der Waals surface area contributed by atoms with Crippen LogP contribution >= 0.6 is 0 Å². The molecule has 6 heteroatoms. The Morgan fingerprint density at radius 2 is 1.62 bits per heavy atom. The molecule has 1 aliphatic heterocycles. The Balaban J connectivity index is 1.82. The number of hydrogen-bond acceptors (Lipinski definition) is 3. The van der Waals surface area contributed by atoms with Crippen LogP contribution in [0.2, 0.25) is 0 Å². The fourth-order valence-electron chi connectivity index (χ4n) is 2.54. The molecule has 126 valence electrons. The van der Waals surface area contributed by atoms with E-state index in [4.69, 9.17) is 0 Å². The minimum atomic E-state index is -0.276. The molecule has 0 unspecified atom stereocenters. The Morgan fingerprint density at radius 3 is 2.12 bits per heavy atom. The van der Waals surface area contributed by atoms with Crippen LogP contribution in [0.3, 0.4) is 0 Å². The summed E-state index contributed by atoms with van der Waals surface area (Å²) in [5.74, 6) is -0.552. The van der Waals surface area contributed by atoms with Gasteiger partial charge >= 0.3 is 6.03 Å². The third-order valence-corrected chi connectivity index (χ3v) is 3.70. The first kappa shape index (κ1) is 17.5. The molecule has 4 amide bonds. The van der Waals surface area contributed by atoms with E-state index in [0.717, 1.165) is 0 Å². The summed E-state index contributed by atoms with van der Waals surface area (Å²) in [6.07, 6.45) is 3.77. The van der Waals surface area contributed by atoms with Crippen LogP contribution in [0.25, 0.3) is 0 Å². The molecular formula is C18H21N3O3. The summed E-state index contributed by atoms with van der Waals surface area (Å²) >= 11 is 0. The molecule has 6 nitrogen and oxygen atoms in total. The van der Waals surface area contributed by atoms with Crippen molar-refractivity contribution in [3.05, 3.63) is 60.7 Å². The van der Waals surface area contributed by atoms with Gasteiger partial charge in [-0.25, -0.2) is 4.79 Å². The molecule has 0 aliphatic carbocycles. The Hall–Kier alpha value is -2.89. The third-order valence-electron chi connectivity index (χ3n) is 3.70. The number of imide groups is 1. The lowest BCUT2D eigenvalue weighted by Crippen LogP contribution is -2.41. The van der Waals surface area contributed by atoms with E-state index in [-0.39, 0.29) is 24.4 Å². The molecular weight excluding hydrogens is 306 g/mol. The summed E-state index contributed by atoms with van der Waals surface area (Å²) in [6, 6.07) is 6.56. The highest BCUT2D eigenvalue weighted by Crippen LogP contribution is 2.22. The second-order valence-electron chi connectivity index (χ2n) is 5.38. The first-order valence-electron chi connectivity index (χ1n) is 7.80. The van der Waals surface area contributed by atoms with Crippen LogP contribution in [0.5, 0.6) is 0 Å². The molecule has 1 aromatic carbocycles. The zero-order valence-corrected chi connectivity index (χ0v) is 13.5. The van der Waals surface area contributed by atoms with E-state index >= 15 is 0 Å². The molecule has 2 rings (SSSR count). The van der Waals surface area contributed by atoms with Crippen LogP contribution in [0.4, 0.5) is 4.79 Å². The van der Waals surface area contributed by atoms with Gasteiger partial charge in [-0.15, -0.1) is 13.2 Å². The van der Waals surface area contributed by atoms with Gasteiger partial charge in [0.05, 0.1) is 11.1 Å². The summed E-state index contributed by atoms with van der Waals surface area (Å²) < 4.78 is 0. The fraction of sp³-hybridized carbons (Fsp3) is 0.278. The highest BCUT2D eigenvalue weighted by molar-refractivity contribution is 6.21. The van der Waals surface area contributed by atoms with Crippen LogP contribution in [0.1, 0.15) is 27.1 Å². The topological polar surface area (TPSA) is 69.7 Å². The Kier molecular flexibility index (Phi) is 5.89. The maximum atomic E-state index is 12.2. The number of amides is 4. The normalized spacial score (nSPS) is 12.8. The molecule has 0 saturated heterocycles. The average Bonchev–Trinajstić information content (AvgIpc) is 2.83. The van der Waals surface area contributed by atoms with Crippen molar-refractivity contribution in [2.24, 2.45) is 0 Å². The second kappa shape index (κ2) is 8.10. The van der Waals surface area contributed by atoms with Crippen LogP contribution in [0.15, 0.2) is 49.6 Å². The largest absolute Gasteiger partial charge is 0.338 e. The zero-order chi connectivity index (χ0) is 17.5. The quantitative estimate of drug-likeness (QED) is 0.451. The average molecular weight is 327 g/mol. The summed E-state index contributed by atoms with van der Waals surface area (Å²) in [5, 5.41) is 2.77. The monoisotopic (exact) mass is 327 g/mol. The number of nitrogens with one attached hydrogen (secondary N) is 1. The number of carbonyl (C=O) groups excluding carboxylic acids is 3. The summed E-state index contributed by atoms with van der Waals surface area (Å²) in [6.45, 7) is 8.72. The van der Waals surface area contributed by atoms with Gasteiger partial charge in [0.25, 0.3) is 11.8 Å². The number of rotatable bonds is 8. The lowest BCUT2D eigenvalue weighted by atomic mass is 10.1. The van der Waals surface area contributed by atoms with Gasteiger partial charge in [0.2, 0.25) is 0 Å². The molecule has 1 aliphatic rings. The van der Waals surface area contributed by atoms with Gasteiger partial charge in [-0.05, 0) is 18.6 Å². The standard InChI is InChI=1S/C18H21N3O3/c1-3-11-20(12-4-2)18(24)19-10-7-13-21-16(22)14-8-5-6-9-15(14)17(21)23/h3-6,8-9H,1-2,7,10-13H2,(H,19,24). The summed E-state index contributed by atoms with van der Waals surface area (Å²) in [5.41, 5.74) is 0.879. The SMILES string of the molecule is C=CCN(CC=C)C(=O)NCCCN1C(=O)c2ccccc2C1=O. The smallest absolute Gasteiger partial charge is 0.317 e. The summed E-state index contributed by atoms with van der Waals surface area (Å²) in [4.78, 5) is 39.2. The maximum Gasteiger partial charge on any atom is 0.317 e. The molecule has 0 fully saturated rings. The van der Waals surface area contributed by atoms with E-state index in [1.54, 1.807) is 41.3 Å². The lowest BCUT2D eigenvalue weighted by Gasteiger charge is -2.20. The van der Waals surface area contributed by atoms with Gasteiger partial charge in [-0.1, -0.05) is 24.3 Å². The molecule has 0 spiro atoms. The Bertz CT molecular complexity index is 624. The van der Waals surface area contributed by atoms with Crippen LogP contribution in [0, 0.1) is 0 Å². The van der Waals surface area contributed by atoms with Crippen LogP contribution in [-0.2, 0) is 0 Å². The van der Waals surface area contributed by atoms with Crippen molar-refractivity contribution in [2.75, 3.05) is 26.2 Å². The highest BCUT2D eigenvalue weighted by atomic mass is 16.2. The number of carbonyl (C=O) groups is 3. The molecule has 0 bridgehead atoms. The van der Waals surface area contributed by atoms with Crippen molar-refractivity contribution >= 4 is 17.8 Å². The summed E-state index contributed by atoms with van der Waals surface area (Å²) in [7, 11) is 0. The fourth-order valence-corrected chi connectivity index (χ4v) is 2.54. The van der Waals surface area contributed by atoms with E-state index in [1.807, 2.05) is 0 Å². The second-order valence-corrected chi connectivity index (χ2v) is 5.38. The van der Waals surface area contributed by atoms with Crippen molar-refractivity contribution in [3.8, 4) is 0 Å². The number of nitrogens with zero attached hydrogens (tertiary/aromatic N) is 2. The van der Waals surface area contributed by atoms with Gasteiger partial charge in [0.1, 0.15) is 0 Å². The van der Waals surface area contributed by atoms with E-state index < -0.39 is 0 Å².